The number of rotatable bonds is 7. The number of likely N-dealkylation sites (tertiary alicyclic amines) is 1. The first kappa shape index (κ1) is 24.6. The number of piperazine rings is 1. The standard InChI is InChI=1S/C21H34N6O2.HI/c1-2-23-21(24-9-16-29-19-7-6-8-22-17-19)27-14-12-25(13-15-27)18-20(28)26-10-4-3-5-11-26;/h6-8,17H,2-5,9-16,18H2,1H3,(H,23,24);1H. The van der Waals surface area contributed by atoms with Crippen molar-refractivity contribution in [2.24, 2.45) is 4.99 Å². The quantitative estimate of drug-likeness (QED) is 0.250. The van der Waals surface area contributed by atoms with Gasteiger partial charge in [-0.05, 0) is 38.3 Å². The predicted octanol–water partition coefficient (Wildman–Crippen LogP) is 1.67. The van der Waals surface area contributed by atoms with Crippen LogP contribution in [0.2, 0.25) is 0 Å². The molecule has 2 fully saturated rings. The molecule has 0 saturated carbocycles. The Bertz CT molecular complexity index is 646. The molecule has 2 aliphatic heterocycles. The highest BCUT2D eigenvalue weighted by Gasteiger charge is 2.24. The third kappa shape index (κ3) is 7.90. The van der Waals surface area contributed by atoms with Crippen molar-refractivity contribution in [3.05, 3.63) is 24.5 Å². The summed E-state index contributed by atoms with van der Waals surface area (Å²) in [6.45, 7) is 9.94. The number of hydrogen-bond donors (Lipinski definition) is 1. The maximum atomic E-state index is 12.5. The lowest BCUT2D eigenvalue weighted by atomic mass is 10.1. The maximum absolute atomic E-state index is 12.5. The Morgan fingerprint density at radius 3 is 2.57 bits per heavy atom. The van der Waals surface area contributed by atoms with E-state index in [-0.39, 0.29) is 29.9 Å². The molecule has 2 saturated heterocycles. The van der Waals surface area contributed by atoms with E-state index in [1.807, 2.05) is 17.0 Å². The average molecular weight is 530 g/mol. The van der Waals surface area contributed by atoms with E-state index >= 15 is 0 Å². The van der Waals surface area contributed by atoms with Crippen molar-refractivity contribution in [2.75, 3.05) is 65.5 Å². The summed E-state index contributed by atoms with van der Waals surface area (Å²) in [7, 11) is 0. The Hall–Kier alpha value is -1.62. The number of nitrogens with one attached hydrogen (secondary N) is 1. The minimum Gasteiger partial charge on any atom is -0.490 e. The molecule has 0 spiro atoms. The van der Waals surface area contributed by atoms with Crippen molar-refractivity contribution in [2.45, 2.75) is 26.2 Å². The highest BCUT2D eigenvalue weighted by Crippen LogP contribution is 2.10. The van der Waals surface area contributed by atoms with E-state index < -0.39 is 0 Å². The molecule has 0 aliphatic carbocycles. The molecule has 0 bridgehead atoms. The fourth-order valence-electron chi connectivity index (χ4n) is 3.73. The number of carbonyl (C=O) groups excluding carboxylic acids is 1. The van der Waals surface area contributed by atoms with E-state index in [1.54, 1.807) is 12.4 Å². The van der Waals surface area contributed by atoms with Crippen LogP contribution in [0.3, 0.4) is 0 Å². The number of pyridine rings is 1. The normalized spacial score (nSPS) is 18.0. The van der Waals surface area contributed by atoms with Crippen LogP contribution in [0.4, 0.5) is 0 Å². The summed E-state index contributed by atoms with van der Waals surface area (Å²) in [6.07, 6.45) is 6.98. The molecule has 9 heteroatoms. The van der Waals surface area contributed by atoms with E-state index in [0.29, 0.717) is 19.7 Å². The van der Waals surface area contributed by atoms with Crippen LogP contribution in [0.25, 0.3) is 0 Å². The zero-order valence-corrected chi connectivity index (χ0v) is 20.3. The Labute approximate surface area is 197 Å². The summed E-state index contributed by atoms with van der Waals surface area (Å²) in [6, 6.07) is 3.75. The van der Waals surface area contributed by atoms with E-state index in [2.05, 4.69) is 27.0 Å². The molecule has 168 valence electrons. The molecule has 30 heavy (non-hydrogen) atoms. The number of aliphatic imine (C=N–C) groups is 1. The summed E-state index contributed by atoms with van der Waals surface area (Å²) in [4.78, 5) is 27.8. The van der Waals surface area contributed by atoms with Gasteiger partial charge >= 0.3 is 0 Å². The number of aromatic nitrogens is 1. The van der Waals surface area contributed by atoms with Gasteiger partial charge in [0.15, 0.2) is 5.96 Å². The minimum atomic E-state index is 0. The summed E-state index contributed by atoms with van der Waals surface area (Å²) < 4.78 is 5.67. The third-order valence-electron chi connectivity index (χ3n) is 5.33. The van der Waals surface area contributed by atoms with Crippen LogP contribution in [0.15, 0.2) is 29.5 Å². The van der Waals surface area contributed by atoms with Crippen LogP contribution >= 0.6 is 24.0 Å². The van der Waals surface area contributed by atoms with E-state index in [1.165, 1.54) is 6.42 Å². The van der Waals surface area contributed by atoms with Gasteiger partial charge in [0, 0.05) is 52.0 Å². The van der Waals surface area contributed by atoms with Crippen LogP contribution in [-0.2, 0) is 4.79 Å². The van der Waals surface area contributed by atoms with E-state index in [9.17, 15) is 4.79 Å². The Morgan fingerprint density at radius 1 is 1.13 bits per heavy atom. The molecule has 0 atom stereocenters. The van der Waals surface area contributed by atoms with Gasteiger partial charge in [-0.2, -0.15) is 0 Å². The van der Waals surface area contributed by atoms with Crippen LogP contribution in [0.5, 0.6) is 5.75 Å². The number of piperidine rings is 1. The lowest BCUT2D eigenvalue weighted by Gasteiger charge is -2.37. The van der Waals surface area contributed by atoms with Crippen molar-refractivity contribution >= 4 is 35.8 Å². The number of ether oxygens (including phenoxy) is 1. The molecule has 0 aromatic carbocycles. The number of nitrogens with zero attached hydrogens (tertiary/aromatic N) is 5. The monoisotopic (exact) mass is 530 g/mol. The number of halogens is 1. The molecule has 3 heterocycles. The van der Waals surface area contributed by atoms with Gasteiger partial charge in [-0.15, -0.1) is 24.0 Å². The van der Waals surface area contributed by atoms with Crippen LogP contribution in [-0.4, -0.2) is 97.1 Å². The smallest absolute Gasteiger partial charge is 0.236 e. The first-order valence-electron chi connectivity index (χ1n) is 10.8. The lowest BCUT2D eigenvalue weighted by Crippen LogP contribution is -2.54. The van der Waals surface area contributed by atoms with Gasteiger partial charge in [0.05, 0.1) is 19.3 Å². The molecule has 8 nitrogen and oxygen atoms in total. The van der Waals surface area contributed by atoms with Gasteiger partial charge in [0.1, 0.15) is 12.4 Å². The van der Waals surface area contributed by atoms with Gasteiger partial charge < -0.3 is 19.9 Å². The maximum Gasteiger partial charge on any atom is 0.236 e. The van der Waals surface area contributed by atoms with E-state index in [0.717, 1.165) is 70.4 Å². The number of hydrogen-bond acceptors (Lipinski definition) is 5. The second kappa shape index (κ2) is 13.6. The molecule has 0 radical (unpaired) electrons. The fraction of sp³-hybridized carbons (Fsp3) is 0.667. The molecule has 1 aromatic rings. The molecule has 0 unspecified atom stereocenters. The van der Waals surface area contributed by atoms with Crippen LogP contribution < -0.4 is 10.1 Å². The molecule has 1 N–H and O–H groups in total. The average Bonchev–Trinajstić information content (AvgIpc) is 2.78. The predicted molar refractivity (Wildman–Crippen MR) is 130 cm³/mol. The molecular weight excluding hydrogens is 495 g/mol. The lowest BCUT2D eigenvalue weighted by molar-refractivity contribution is -0.133. The van der Waals surface area contributed by atoms with Crippen molar-refractivity contribution in [1.82, 2.24) is 25.0 Å². The Morgan fingerprint density at radius 2 is 1.90 bits per heavy atom. The first-order chi connectivity index (χ1) is 14.3. The van der Waals surface area contributed by atoms with E-state index in [4.69, 9.17) is 9.73 Å². The van der Waals surface area contributed by atoms with Gasteiger partial charge in [-0.3, -0.25) is 14.7 Å². The molecule has 2 aliphatic rings. The topological polar surface area (TPSA) is 73.3 Å². The Kier molecular flexibility index (Phi) is 11.2. The van der Waals surface area contributed by atoms with Crippen molar-refractivity contribution < 1.29 is 9.53 Å². The molecule has 1 amide bonds. The first-order valence-corrected chi connectivity index (χ1v) is 10.8. The third-order valence-corrected chi connectivity index (χ3v) is 5.33. The molecule has 1 aromatic heterocycles. The summed E-state index contributed by atoms with van der Waals surface area (Å²) >= 11 is 0. The van der Waals surface area contributed by atoms with Gasteiger partial charge in [0.2, 0.25) is 5.91 Å². The summed E-state index contributed by atoms with van der Waals surface area (Å²) in [5.74, 6) is 1.97. The van der Waals surface area contributed by atoms with Gasteiger partial charge in [-0.1, -0.05) is 0 Å². The van der Waals surface area contributed by atoms with Gasteiger partial charge in [0.25, 0.3) is 0 Å². The summed E-state index contributed by atoms with van der Waals surface area (Å²) in [5.41, 5.74) is 0. The number of guanidine groups is 1. The molecule has 3 rings (SSSR count). The van der Waals surface area contributed by atoms with Crippen LogP contribution in [0, 0.1) is 0 Å². The van der Waals surface area contributed by atoms with Crippen molar-refractivity contribution in [3.63, 3.8) is 0 Å². The van der Waals surface area contributed by atoms with Crippen molar-refractivity contribution in [1.29, 1.82) is 0 Å². The van der Waals surface area contributed by atoms with Crippen LogP contribution in [0.1, 0.15) is 26.2 Å². The highest BCUT2D eigenvalue weighted by atomic mass is 127. The van der Waals surface area contributed by atoms with Crippen molar-refractivity contribution in [3.8, 4) is 5.75 Å². The Balaban J connectivity index is 0.00000320. The number of carbonyl (C=O) groups is 1. The zero-order chi connectivity index (χ0) is 20.3. The highest BCUT2D eigenvalue weighted by molar-refractivity contribution is 14.0. The minimum absolute atomic E-state index is 0. The SMILES string of the molecule is CCNC(=NCCOc1cccnc1)N1CCN(CC(=O)N2CCCCC2)CC1.I. The molecular formula is C21H35IN6O2. The second-order valence-electron chi connectivity index (χ2n) is 7.48. The zero-order valence-electron chi connectivity index (χ0n) is 18.0. The summed E-state index contributed by atoms with van der Waals surface area (Å²) in [5, 5.41) is 3.37. The fourth-order valence-corrected chi connectivity index (χ4v) is 3.73. The second-order valence-corrected chi connectivity index (χ2v) is 7.48. The number of amides is 1. The van der Waals surface area contributed by atoms with Gasteiger partial charge in [-0.25, -0.2) is 4.99 Å². The largest absolute Gasteiger partial charge is 0.490 e.